The van der Waals surface area contributed by atoms with Crippen LogP contribution in [0, 0.1) is 6.92 Å². The third-order valence-electron chi connectivity index (χ3n) is 4.77. The van der Waals surface area contributed by atoms with Gasteiger partial charge in [-0.1, -0.05) is 11.6 Å². The molecule has 0 atom stereocenters. The summed E-state index contributed by atoms with van der Waals surface area (Å²) in [5, 5.41) is 3.37. The Kier molecular flexibility index (Phi) is 6.12. The molecule has 0 aliphatic carbocycles. The molecular weight excluding hydrogens is 448 g/mol. The largest absolute Gasteiger partial charge is 0.433 e. The third kappa shape index (κ3) is 4.81. The number of halogens is 3. The molecule has 0 radical (unpaired) electrons. The van der Waals surface area contributed by atoms with Crippen LogP contribution in [-0.4, -0.2) is 46.0 Å². The van der Waals surface area contributed by atoms with Crippen LogP contribution in [0.2, 0.25) is 5.15 Å². The van der Waals surface area contributed by atoms with Gasteiger partial charge < -0.3 is 9.64 Å². The van der Waals surface area contributed by atoms with Gasteiger partial charge in [0.15, 0.2) is 10.9 Å². The standard InChI is InChI=1S/C20H18ClF2N5O2S/c1-10-5-11(12-6-17(21)25-8-15(12)30-19(22)23)13(7-24-10)18(29)27-20-26-14-3-4-28(2)9-16(14)31-20/h5-8,19H,3-4,9H2,1-2H3,(H,26,27,29). The van der Waals surface area contributed by atoms with Crippen molar-refractivity contribution in [2.45, 2.75) is 26.5 Å². The zero-order valence-corrected chi connectivity index (χ0v) is 18.2. The van der Waals surface area contributed by atoms with Crippen molar-refractivity contribution in [2.75, 3.05) is 18.9 Å². The number of alkyl halides is 2. The number of pyridine rings is 2. The molecule has 0 bridgehead atoms. The molecule has 3 aromatic heterocycles. The van der Waals surface area contributed by atoms with Crippen LogP contribution in [0.1, 0.15) is 26.6 Å². The number of carbonyl (C=O) groups excluding carboxylic acids is 1. The van der Waals surface area contributed by atoms with E-state index in [0.29, 0.717) is 16.4 Å². The first kappa shape index (κ1) is 21.5. The maximum atomic E-state index is 13.1. The van der Waals surface area contributed by atoms with Crippen LogP contribution < -0.4 is 10.1 Å². The molecular formula is C20H18ClF2N5O2S. The second kappa shape index (κ2) is 8.81. The third-order valence-corrected chi connectivity index (χ3v) is 5.97. The van der Waals surface area contributed by atoms with Crippen molar-refractivity contribution in [3.8, 4) is 16.9 Å². The summed E-state index contributed by atoms with van der Waals surface area (Å²) in [5.74, 6) is -0.648. The Balaban J connectivity index is 1.70. The molecule has 7 nitrogen and oxygen atoms in total. The van der Waals surface area contributed by atoms with Gasteiger partial charge in [-0.05, 0) is 26.1 Å². The summed E-state index contributed by atoms with van der Waals surface area (Å²) >= 11 is 7.41. The molecule has 1 N–H and O–H groups in total. The van der Waals surface area contributed by atoms with Crippen molar-refractivity contribution in [1.29, 1.82) is 0 Å². The van der Waals surface area contributed by atoms with Gasteiger partial charge >= 0.3 is 6.61 Å². The number of aryl methyl sites for hydroxylation is 1. The number of anilines is 1. The highest BCUT2D eigenvalue weighted by Crippen LogP contribution is 2.35. The summed E-state index contributed by atoms with van der Waals surface area (Å²) in [6, 6.07) is 2.99. The molecule has 0 saturated heterocycles. The molecule has 3 aromatic rings. The minimum atomic E-state index is -3.05. The van der Waals surface area contributed by atoms with Gasteiger partial charge in [0, 0.05) is 47.4 Å². The van der Waals surface area contributed by atoms with Crippen LogP contribution in [-0.2, 0) is 13.0 Å². The summed E-state index contributed by atoms with van der Waals surface area (Å²) < 4.78 is 30.4. The fourth-order valence-corrected chi connectivity index (χ4v) is 4.56. The number of thiazole rings is 1. The lowest BCUT2D eigenvalue weighted by Crippen LogP contribution is -2.25. The number of nitrogens with zero attached hydrogens (tertiary/aromatic N) is 4. The van der Waals surface area contributed by atoms with E-state index in [9.17, 15) is 13.6 Å². The van der Waals surface area contributed by atoms with E-state index < -0.39 is 12.5 Å². The average Bonchev–Trinajstić information content (AvgIpc) is 3.10. The summed E-state index contributed by atoms with van der Waals surface area (Å²) in [7, 11) is 2.03. The summed E-state index contributed by atoms with van der Waals surface area (Å²) in [6.07, 6.45) is 3.31. The van der Waals surface area contributed by atoms with Gasteiger partial charge in [0.1, 0.15) is 5.15 Å². The SMILES string of the molecule is Cc1cc(-c2cc(Cl)ncc2OC(F)F)c(C(=O)Nc2nc3c(s2)CN(C)CC3)cn1. The molecule has 1 aliphatic rings. The molecule has 1 aliphatic heterocycles. The predicted molar refractivity (Wildman–Crippen MR) is 114 cm³/mol. The van der Waals surface area contributed by atoms with Crippen molar-refractivity contribution in [2.24, 2.45) is 0 Å². The normalized spacial score (nSPS) is 13.9. The van der Waals surface area contributed by atoms with Gasteiger partial charge in [0.05, 0.1) is 17.5 Å². The predicted octanol–water partition coefficient (Wildman–Crippen LogP) is 4.40. The Morgan fingerprint density at radius 2 is 2.10 bits per heavy atom. The second-order valence-electron chi connectivity index (χ2n) is 7.08. The summed E-state index contributed by atoms with van der Waals surface area (Å²) in [6.45, 7) is 0.366. The van der Waals surface area contributed by atoms with E-state index in [4.69, 9.17) is 11.6 Å². The van der Waals surface area contributed by atoms with Crippen LogP contribution in [0.15, 0.2) is 24.5 Å². The molecule has 0 unspecified atom stereocenters. The van der Waals surface area contributed by atoms with Crippen molar-refractivity contribution >= 4 is 34.0 Å². The van der Waals surface area contributed by atoms with E-state index in [1.165, 1.54) is 23.6 Å². The fraction of sp³-hybridized carbons (Fsp3) is 0.300. The molecule has 1 amide bonds. The monoisotopic (exact) mass is 465 g/mol. The number of likely N-dealkylation sites (N-methyl/N-ethyl adjacent to an activating group) is 1. The van der Waals surface area contributed by atoms with E-state index in [-0.39, 0.29) is 22.0 Å². The highest BCUT2D eigenvalue weighted by molar-refractivity contribution is 7.15. The maximum Gasteiger partial charge on any atom is 0.387 e. The summed E-state index contributed by atoms with van der Waals surface area (Å²) in [5.41, 5.74) is 2.32. The van der Waals surface area contributed by atoms with Gasteiger partial charge in [0.2, 0.25) is 0 Å². The highest BCUT2D eigenvalue weighted by atomic mass is 35.5. The number of hydrogen-bond acceptors (Lipinski definition) is 7. The van der Waals surface area contributed by atoms with Gasteiger partial charge in [-0.3, -0.25) is 15.1 Å². The maximum absolute atomic E-state index is 13.1. The number of carbonyl (C=O) groups is 1. The van der Waals surface area contributed by atoms with Gasteiger partial charge in [-0.2, -0.15) is 8.78 Å². The van der Waals surface area contributed by atoms with E-state index >= 15 is 0 Å². The number of nitrogens with one attached hydrogen (secondary N) is 1. The molecule has 162 valence electrons. The molecule has 11 heteroatoms. The molecule has 0 aromatic carbocycles. The lowest BCUT2D eigenvalue weighted by atomic mass is 10.0. The minimum absolute atomic E-state index is 0.0779. The number of ether oxygens (including phenoxy) is 1. The Hall–Kier alpha value is -2.69. The Morgan fingerprint density at radius 1 is 1.29 bits per heavy atom. The topological polar surface area (TPSA) is 80.2 Å². The number of fused-ring (bicyclic) bond motifs is 1. The molecule has 0 spiro atoms. The summed E-state index contributed by atoms with van der Waals surface area (Å²) in [4.78, 5) is 28.9. The van der Waals surface area contributed by atoms with Crippen molar-refractivity contribution in [3.63, 3.8) is 0 Å². The van der Waals surface area contributed by atoms with Crippen LogP contribution in [0.4, 0.5) is 13.9 Å². The zero-order valence-electron chi connectivity index (χ0n) is 16.7. The number of hydrogen-bond donors (Lipinski definition) is 1. The molecule has 4 rings (SSSR count). The van der Waals surface area contributed by atoms with Gasteiger partial charge in [-0.15, -0.1) is 11.3 Å². The number of rotatable bonds is 5. The first-order chi connectivity index (χ1) is 14.8. The Labute approximate surface area is 186 Å². The van der Waals surface area contributed by atoms with Crippen LogP contribution in [0.3, 0.4) is 0 Å². The Morgan fingerprint density at radius 3 is 2.87 bits per heavy atom. The first-order valence-electron chi connectivity index (χ1n) is 9.36. The van der Waals surface area contributed by atoms with Crippen molar-refractivity contribution in [1.82, 2.24) is 19.9 Å². The minimum Gasteiger partial charge on any atom is -0.433 e. The highest BCUT2D eigenvalue weighted by Gasteiger charge is 2.23. The molecule has 0 fully saturated rings. The van der Waals surface area contributed by atoms with Crippen LogP contribution >= 0.6 is 22.9 Å². The average molecular weight is 466 g/mol. The molecule has 31 heavy (non-hydrogen) atoms. The fourth-order valence-electron chi connectivity index (χ4n) is 3.32. The lowest BCUT2D eigenvalue weighted by Gasteiger charge is -2.20. The van der Waals surface area contributed by atoms with Crippen LogP contribution in [0.5, 0.6) is 5.75 Å². The first-order valence-corrected chi connectivity index (χ1v) is 10.6. The molecule has 4 heterocycles. The second-order valence-corrected chi connectivity index (χ2v) is 8.55. The number of amides is 1. The quantitative estimate of drug-likeness (QED) is 0.562. The smallest absolute Gasteiger partial charge is 0.387 e. The van der Waals surface area contributed by atoms with E-state index in [1.54, 1.807) is 13.0 Å². The Bertz CT molecular complexity index is 1140. The van der Waals surface area contributed by atoms with E-state index in [2.05, 4.69) is 29.9 Å². The van der Waals surface area contributed by atoms with E-state index in [0.717, 1.165) is 36.3 Å². The lowest BCUT2D eigenvalue weighted by molar-refractivity contribution is -0.0496. The number of aromatic nitrogens is 3. The van der Waals surface area contributed by atoms with Crippen molar-refractivity contribution < 1.29 is 18.3 Å². The van der Waals surface area contributed by atoms with Gasteiger partial charge in [0.25, 0.3) is 5.91 Å². The van der Waals surface area contributed by atoms with Gasteiger partial charge in [-0.25, -0.2) is 9.97 Å². The zero-order chi connectivity index (χ0) is 22.1. The molecule has 0 saturated carbocycles. The van der Waals surface area contributed by atoms with E-state index in [1.807, 2.05) is 7.05 Å². The van der Waals surface area contributed by atoms with Crippen molar-refractivity contribution in [3.05, 3.63) is 51.5 Å². The van der Waals surface area contributed by atoms with Crippen LogP contribution in [0.25, 0.3) is 11.1 Å².